The molecule has 0 atom stereocenters. The van der Waals surface area contributed by atoms with Gasteiger partial charge in [0.25, 0.3) is 0 Å². The maximum Gasteiger partial charge on any atom is 0.0601 e. The fraction of sp³-hybridized carbons (Fsp3) is 0.500. The zero-order valence-electron chi connectivity index (χ0n) is 11.7. The monoisotopic (exact) mass is 244 g/mol. The van der Waals surface area contributed by atoms with Crippen molar-refractivity contribution in [1.29, 1.82) is 0 Å². The van der Waals surface area contributed by atoms with Crippen molar-refractivity contribution in [2.24, 2.45) is 0 Å². The van der Waals surface area contributed by atoms with E-state index in [0.717, 1.165) is 19.6 Å². The van der Waals surface area contributed by atoms with E-state index in [2.05, 4.69) is 61.2 Å². The zero-order chi connectivity index (χ0) is 13.4. The molecule has 0 bridgehead atoms. The third-order valence-electron chi connectivity index (χ3n) is 2.98. The van der Waals surface area contributed by atoms with Gasteiger partial charge in [-0.2, -0.15) is 0 Å². The van der Waals surface area contributed by atoms with Crippen molar-refractivity contribution in [3.05, 3.63) is 35.4 Å². The Morgan fingerprint density at radius 1 is 1.28 bits per heavy atom. The lowest BCUT2D eigenvalue weighted by atomic mass is 10.1. The number of nitrogens with zero attached hydrogens (tertiary/aromatic N) is 1. The van der Waals surface area contributed by atoms with Crippen molar-refractivity contribution in [3.8, 4) is 12.3 Å². The predicted molar refractivity (Wildman–Crippen MR) is 78.2 cm³/mol. The maximum absolute atomic E-state index is 5.39. The van der Waals surface area contributed by atoms with Gasteiger partial charge in [-0.25, -0.2) is 0 Å². The number of nitrogens with one attached hydrogen (secondary N) is 1. The van der Waals surface area contributed by atoms with Gasteiger partial charge in [0.05, 0.1) is 6.54 Å². The van der Waals surface area contributed by atoms with Gasteiger partial charge in [-0.05, 0) is 17.7 Å². The molecule has 0 aliphatic carbocycles. The third kappa shape index (κ3) is 4.91. The average Bonchev–Trinajstić information content (AvgIpc) is 2.37. The van der Waals surface area contributed by atoms with Crippen LogP contribution < -0.4 is 5.32 Å². The first-order valence-corrected chi connectivity index (χ1v) is 6.63. The Morgan fingerprint density at radius 3 is 2.50 bits per heavy atom. The van der Waals surface area contributed by atoms with Crippen LogP contribution in [0.1, 0.15) is 31.9 Å². The molecule has 0 saturated carbocycles. The van der Waals surface area contributed by atoms with Crippen LogP contribution in [0.15, 0.2) is 24.3 Å². The third-order valence-corrected chi connectivity index (χ3v) is 2.98. The number of rotatable bonds is 7. The SMILES string of the molecule is C#CCN(CC)Cc1ccccc1CNC(C)C. The molecule has 1 aromatic rings. The van der Waals surface area contributed by atoms with E-state index in [9.17, 15) is 0 Å². The minimum Gasteiger partial charge on any atom is -0.310 e. The topological polar surface area (TPSA) is 15.3 Å². The van der Waals surface area contributed by atoms with Crippen LogP contribution in [0.3, 0.4) is 0 Å². The smallest absolute Gasteiger partial charge is 0.0601 e. The molecule has 0 saturated heterocycles. The number of hydrogen-bond donors (Lipinski definition) is 1. The molecule has 1 aromatic carbocycles. The zero-order valence-corrected chi connectivity index (χ0v) is 11.7. The Morgan fingerprint density at radius 2 is 1.94 bits per heavy atom. The van der Waals surface area contributed by atoms with Crippen molar-refractivity contribution in [3.63, 3.8) is 0 Å². The second kappa shape index (κ2) is 7.92. The van der Waals surface area contributed by atoms with Crippen molar-refractivity contribution >= 4 is 0 Å². The van der Waals surface area contributed by atoms with Gasteiger partial charge < -0.3 is 5.32 Å². The van der Waals surface area contributed by atoms with Gasteiger partial charge in [0.1, 0.15) is 0 Å². The lowest BCUT2D eigenvalue weighted by Gasteiger charge is -2.20. The van der Waals surface area contributed by atoms with Crippen LogP contribution in [0.2, 0.25) is 0 Å². The molecule has 0 aromatic heterocycles. The summed E-state index contributed by atoms with van der Waals surface area (Å²) in [7, 11) is 0. The second-order valence-corrected chi connectivity index (χ2v) is 4.81. The number of terminal acetylenes is 1. The van der Waals surface area contributed by atoms with Gasteiger partial charge in [0.15, 0.2) is 0 Å². The molecule has 0 unspecified atom stereocenters. The summed E-state index contributed by atoms with van der Waals surface area (Å²) in [6.45, 7) is 10.0. The molecule has 2 nitrogen and oxygen atoms in total. The van der Waals surface area contributed by atoms with E-state index in [4.69, 9.17) is 6.42 Å². The number of benzene rings is 1. The van der Waals surface area contributed by atoms with E-state index in [0.29, 0.717) is 12.6 Å². The maximum atomic E-state index is 5.39. The summed E-state index contributed by atoms with van der Waals surface area (Å²) in [4.78, 5) is 2.27. The lowest BCUT2D eigenvalue weighted by Crippen LogP contribution is -2.26. The van der Waals surface area contributed by atoms with Crippen LogP contribution >= 0.6 is 0 Å². The molecular formula is C16H24N2. The normalized spacial score (nSPS) is 10.9. The van der Waals surface area contributed by atoms with Gasteiger partial charge in [-0.1, -0.05) is 51.0 Å². The Labute approximate surface area is 111 Å². The van der Waals surface area contributed by atoms with E-state index < -0.39 is 0 Å². The molecule has 0 heterocycles. The van der Waals surface area contributed by atoms with Gasteiger partial charge in [0, 0.05) is 19.1 Å². The molecule has 0 spiro atoms. The molecule has 18 heavy (non-hydrogen) atoms. The lowest BCUT2D eigenvalue weighted by molar-refractivity contribution is 0.315. The molecule has 98 valence electrons. The Kier molecular flexibility index (Phi) is 6.49. The van der Waals surface area contributed by atoms with Crippen LogP contribution in [0.4, 0.5) is 0 Å². The molecule has 0 aliphatic heterocycles. The summed E-state index contributed by atoms with van der Waals surface area (Å²) in [5.74, 6) is 2.72. The van der Waals surface area contributed by atoms with Crippen molar-refractivity contribution < 1.29 is 0 Å². The van der Waals surface area contributed by atoms with Crippen LogP contribution in [0.5, 0.6) is 0 Å². The average molecular weight is 244 g/mol. The Balaban J connectivity index is 2.72. The first-order chi connectivity index (χ1) is 8.67. The summed E-state index contributed by atoms with van der Waals surface area (Å²) in [5.41, 5.74) is 2.73. The number of hydrogen-bond acceptors (Lipinski definition) is 2. The highest BCUT2D eigenvalue weighted by atomic mass is 15.1. The summed E-state index contributed by atoms with van der Waals surface area (Å²) in [6.07, 6.45) is 5.39. The van der Waals surface area contributed by atoms with Crippen LogP contribution in [0.25, 0.3) is 0 Å². The highest BCUT2D eigenvalue weighted by Crippen LogP contribution is 2.11. The van der Waals surface area contributed by atoms with Crippen LogP contribution in [-0.4, -0.2) is 24.0 Å². The first kappa shape index (κ1) is 14.8. The molecule has 2 heteroatoms. The van der Waals surface area contributed by atoms with Crippen LogP contribution in [-0.2, 0) is 13.1 Å². The van der Waals surface area contributed by atoms with E-state index >= 15 is 0 Å². The Hall–Kier alpha value is -1.30. The van der Waals surface area contributed by atoms with E-state index in [1.807, 2.05) is 0 Å². The summed E-state index contributed by atoms with van der Waals surface area (Å²) >= 11 is 0. The van der Waals surface area contributed by atoms with Crippen molar-refractivity contribution in [1.82, 2.24) is 10.2 Å². The summed E-state index contributed by atoms with van der Waals surface area (Å²) in [5, 5.41) is 3.47. The highest BCUT2D eigenvalue weighted by molar-refractivity contribution is 5.27. The van der Waals surface area contributed by atoms with Gasteiger partial charge in [0.2, 0.25) is 0 Å². The second-order valence-electron chi connectivity index (χ2n) is 4.81. The van der Waals surface area contributed by atoms with Crippen molar-refractivity contribution in [2.45, 2.75) is 39.9 Å². The molecule has 0 amide bonds. The predicted octanol–water partition coefficient (Wildman–Crippen LogP) is 2.64. The standard InChI is InChI=1S/C16H24N2/c1-5-11-18(6-2)13-16-10-8-7-9-15(16)12-17-14(3)4/h1,7-10,14,17H,6,11-13H2,2-4H3. The largest absolute Gasteiger partial charge is 0.310 e. The first-order valence-electron chi connectivity index (χ1n) is 6.63. The van der Waals surface area contributed by atoms with Gasteiger partial charge in [-0.3, -0.25) is 4.90 Å². The van der Waals surface area contributed by atoms with E-state index in [-0.39, 0.29) is 0 Å². The Bertz CT molecular complexity index is 390. The van der Waals surface area contributed by atoms with Crippen molar-refractivity contribution in [2.75, 3.05) is 13.1 Å². The molecule has 0 radical (unpaired) electrons. The van der Waals surface area contributed by atoms with Crippen LogP contribution in [0, 0.1) is 12.3 Å². The fourth-order valence-electron chi connectivity index (χ4n) is 1.85. The molecule has 0 fully saturated rings. The van der Waals surface area contributed by atoms with Gasteiger partial charge >= 0.3 is 0 Å². The quantitative estimate of drug-likeness (QED) is 0.742. The molecular weight excluding hydrogens is 220 g/mol. The minimum absolute atomic E-state index is 0.506. The van der Waals surface area contributed by atoms with E-state index in [1.165, 1.54) is 11.1 Å². The molecule has 0 aliphatic rings. The summed E-state index contributed by atoms with van der Waals surface area (Å²) < 4.78 is 0. The minimum atomic E-state index is 0.506. The van der Waals surface area contributed by atoms with E-state index in [1.54, 1.807) is 0 Å². The summed E-state index contributed by atoms with van der Waals surface area (Å²) in [6, 6.07) is 9.08. The highest BCUT2D eigenvalue weighted by Gasteiger charge is 2.06. The van der Waals surface area contributed by atoms with Gasteiger partial charge in [-0.15, -0.1) is 6.42 Å². The molecule has 1 N–H and O–H groups in total. The molecule has 1 rings (SSSR count). The fourth-order valence-corrected chi connectivity index (χ4v) is 1.85.